The molecule has 3 unspecified atom stereocenters. The highest BCUT2D eigenvalue weighted by molar-refractivity contribution is 4.94. The molecule has 2 fully saturated rings. The largest absolute Gasteiger partial charge is 0.396 e. The summed E-state index contributed by atoms with van der Waals surface area (Å²) in [6.07, 6.45) is 8.12. The molecular formula is C13H24O. The predicted octanol–water partition coefficient (Wildman–Crippen LogP) is 3.22. The zero-order valence-electron chi connectivity index (χ0n) is 9.63. The monoisotopic (exact) mass is 196 g/mol. The van der Waals surface area contributed by atoms with Crippen LogP contribution in [0.2, 0.25) is 0 Å². The minimum absolute atomic E-state index is 0.391. The first-order valence-corrected chi connectivity index (χ1v) is 6.24. The SMILES string of the molecule is CC1(C)CCC2CCC(CCO)CC21. The fraction of sp³-hybridized carbons (Fsp3) is 1.00. The number of rotatable bonds is 2. The Hall–Kier alpha value is -0.0400. The van der Waals surface area contributed by atoms with Crippen LogP contribution in [-0.4, -0.2) is 11.7 Å². The predicted molar refractivity (Wildman–Crippen MR) is 59.0 cm³/mol. The van der Waals surface area contributed by atoms with Crippen LogP contribution in [0.25, 0.3) is 0 Å². The molecule has 0 spiro atoms. The van der Waals surface area contributed by atoms with Crippen LogP contribution in [0.4, 0.5) is 0 Å². The van der Waals surface area contributed by atoms with Gasteiger partial charge in [0.1, 0.15) is 0 Å². The van der Waals surface area contributed by atoms with Crippen molar-refractivity contribution in [2.24, 2.45) is 23.2 Å². The molecule has 0 aromatic carbocycles. The van der Waals surface area contributed by atoms with E-state index in [1.54, 1.807) is 0 Å². The van der Waals surface area contributed by atoms with Crippen LogP contribution in [-0.2, 0) is 0 Å². The first-order valence-electron chi connectivity index (χ1n) is 6.24. The molecule has 82 valence electrons. The molecule has 0 bridgehead atoms. The van der Waals surface area contributed by atoms with Gasteiger partial charge in [-0.15, -0.1) is 0 Å². The highest BCUT2D eigenvalue weighted by atomic mass is 16.3. The van der Waals surface area contributed by atoms with Gasteiger partial charge in [-0.1, -0.05) is 20.3 Å². The second kappa shape index (κ2) is 3.84. The average Bonchev–Trinajstić information content (AvgIpc) is 2.44. The molecule has 0 aliphatic heterocycles. The van der Waals surface area contributed by atoms with E-state index in [2.05, 4.69) is 13.8 Å². The van der Waals surface area contributed by atoms with E-state index in [1.165, 1.54) is 32.1 Å². The van der Waals surface area contributed by atoms with Gasteiger partial charge in [-0.3, -0.25) is 0 Å². The first kappa shape index (κ1) is 10.5. The van der Waals surface area contributed by atoms with E-state index in [-0.39, 0.29) is 0 Å². The average molecular weight is 196 g/mol. The molecule has 14 heavy (non-hydrogen) atoms. The summed E-state index contributed by atoms with van der Waals surface area (Å²) in [6, 6.07) is 0. The van der Waals surface area contributed by atoms with Crippen LogP contribution >= 0.6 is 0 Å². The normalized spacial score (nSPS) is 40.9. The van der Waals surface area contributed by atoms with Gasteiger partial charge in [-0.2, -0.15) is 0 Å². The Morgan fingerprint density at radius 1 is 1.21 bits per heavy atom. The first-order chi connectivity index (χ1) is 6.63. The van der Waals surface area contributed by atoms with Crippen molar-refractivity contribution in [2.45, 2.75) is 52.4 Å². The van der Waals surface area contributed by atoms with Crippen LogP contribution in [0.15, 0.2) is 0 Å². The molecule has 0 saturated heterocycles. The van der Waals surface area contributed by atoms with E-state index in [9.17, 15) is 0 Å². The number of fused-ring (bicyclic) bond motifs is 1. The minimum Gasteiger partial charge on any atom is -0.396 e. The third-order valence-corrected chi connectivity index (χ3v) is 4.80. The van der Waals surface area contributed by atoms with Gasteiger partial charge in [0.05, 0.1) is 0 Å². The second-order valence-electron chi connectivity index (χ2n) is 6.09. The van der Waals surface area contributed by atoms with Crippen LogP contribution < -0.4 is 0 Å². The van der Waals surface area contributed by atoms with Crippen molar-refractivity contribution in [3.05, 3.63) is 0 Å². The van der Waals surface area contributed by atoms with Gasteiger partial charge in [0, 0.05) is 6.61 Å². The molecule has 0 radical (unpaired) electrons. The Balaban J connectivity index is 1.98. The molecule has 2 rings (SSSR count). The third kappa shape index (κ3) is 1.84. The highest BCUT2D eigenvalue weighted by Gasteiger charge is 2.44. The number of aliphatic hydroxyl groups is 1. The topological polar surface area (TPSA) is 20.2 Å². The van der Waals surface area contributed by atoms with Gasteiger partial charge in [-0.25, -0.2) is 0 Å². The van der Waals surface area contributed by atoms with Gasteiger partial charge in [0.2, 0.25) is 0 Å². The molecule has 0 heterocycles. The van der Waals surface area contributed by atoms with Crippen molar-refractivity contribution in [1.29, 1.82) is 0 Å². The van der Waals surface area contributed by atoms with Crippen LogP contribution in [0, 0.1) is 23.2 Å². The summed E-state index contributed by atoms with van der Waals surface area (Å²) in [5.74, 6) is 2.78. The molecule has 0 amide bonds. The lowest BCUT2D eigenvalue weighted by Crippen LogP contribution is -2.29. The van der Waals surface area contributed by atoms with E-state index < -0.39 is 0 Å². The molecule has 2 aliphatic rings. The summed E-state index contributed by atoms with van der Waals surface area (Å²) in [7, 11) is 0. The van der Waals surface area contributed by atoms with E-state index >= 15 is 0 Å². The van der Waals surface area contributed by atoms with Crippen molar-refractivity contribution in [3.63, 3.8) is 0 Å². The lowest BCUT2D eigenvalue weighted by Gasteiger charge is -2.38. The molecule has 0 aromatic heterocycles. The molecule has 1 nitrogen and oxygen atoms in total. The van der Waals surface area contributed by atoms with E-state index in [4.69, 9.17) is 5.11 Å². The van der Waals surface area contributed by atoms with E-state index in [0.29, 0.717) is 12.0 Å². The maximum atomic E-state index is 8.99. The number of aliphatic hydroxyl groups excluding tert-OH is 1. The number of hydrogen-bond acceptors (Lipinski definition) is 1. The fourth-order valence-corrected chi connectivity index (χ4v) is 3.81. The molecule has 3 atom stereocenters. The maximum Gasteiger partial charge on any atom is 0.0433 e. The molecular weight excluding hydrogens is 172 g/mol. The van der Waals surface area contributed by atoms with Gasteiger partial charge in [0.15, 0.2) is 0 Å². The zero-order chi connectivity index (χ0) is 10.2. The summed E-state index contributed by atoms with van der Waals surface area (Å²) in [5, 5.41) is 8.99. The van der Waals surface area contributed by atoms with Crippen molar-refractivity contribution in [1.82, 2.24) is 0 Å². The van der Waals surface area contributed by atoms with Crippen molar-refractivity contribution in [2.75, 3.05) is 6.61 Å². The van der Waals surface area contributed by atoms with Gasteiger partial charge < -0.3 is 5.11 Å². The van der Waals surface area contributed by atoms with Crippen LogP contribution in [0.3, 0.4) is 0 Å². The van der Waals surface area contributed by atoms with Crippen LogP contribution in [0.5, 0.6) is 0 Å². The maximum absolute atomic E-state index is 8.99. The molecule has 2 aliphatic carbocycles. The van der Waals surface area contributed by atoms with Gasteiger partial charge in [0.25, 0.3) is 0 Å². The standard InChI is InChI=1S/C13H24O/c1-13(2)7-5-11-4-3-10(6-8-14)9-12(11)13/h10-12,14H,3-9H2,1-2H3. The van der Waals surface area contributed by atoms with Crippen molar-refractivity contribution in [3.8, 4) is 0 Å². The van der Waals surface area contributed by atoms with Crippen molar-refractivity contribution < 1.29 is 5.11 Å². The minimum atomic E-state index is 0.391. The smallest absolute Gasteiger partial charge is 0.0433 e. The Morgan fingerprint density at radius 2 is 2.00 bits per heavy atom. The Bertz CT molecular complexity index is 197. The van der Waals surface area contributed by atoms with Crippen LogP contribution in [0.1, 0.15) is 52.4 Å². The summed E-state index contributed by atoms with van der Waals surface area (Å²) >= 11 is 0. The summed E-state index contributed by atoms with van der Waals surface area (Å²) < 4.78 is 0. The lowest BCUT2D eigenvalue weighted by molar-refractivity contribution is 0.109. The summed E-state index contributed by atoms with van der Waals surface area (Å²) in [4.78, 5) is 0. The summed E-state index contributed by atoms with van der Waals surface area (Å²) in [6.45, 7) is 5.28. The molecule has 2 saturated carbocycles. The van der Waals surface area contributed by atoms with E-state index in [0.717, 1.165) is 24.2 Å². The Kier molecular flexibility index (Phi) is 2.88. The van der Waals surface area contributed by atoms with Crippen molar-refractivity contribution >= 4 is 0 Å². The molecule has 0 aromatic rings. The Labute approximate surface area is 87.9 Å². The van der Waals surface area contributed by atoms with Gasteiger partial charge >= 0.3 is 0 Å². The highest BCUT2D eigenvalue weighted by Crippen LogP contribution is 2.54. The Morgan fingerprint density at radius 3 is 2.71 bits per heavy atom. The van der Waals surface area contributed by atoms with E-state index in [1.807, 2.05) is 0 Å². The third-order valence-electron chi connectivity index (χ3n) is 4.80. The fourth-order valence-electron chi connectivity index (χ4n) is 3.81. The zero-order valence-corrected chi connectivity index (χ0v) is 9.63. The van der Waals surface area contributed by atoms with Gasteiger partial charge in [-0.05, 0) is 55.3 Å². The second-order valence-corrected chi connectivity index (χ2v) is 6.09. The number of hydrogen-bond donors (Lipinski definition) is 1. The quantitative estimate of drug-likeness (QED) is 0.719. The molecule has 1 heteroatoms. The molecule has 1 N–H and O–H groups in total. The summed E-state index contributed by atoms with van der Waals surface area (Å²) in [5.41, 5.74) is 0.582. The lowest BCUT2D eigenvalue weighted by atomic mass is 9.67.